The molecule has 23 heavy (non-hydrogen) atoms. The van der Waals surface area contributed by atoms with Gasteiger partial charge < -0.3 is 10.1 Å². The van der Waals surface area contributed by atoms with Crippen LogP contribution in [-0.2, 0) is 11.2 Å². The molecule has 0 radical (unpaired) electrons. The highest BCUT2D eigenvalue weighted by atomic mass is 35.5. The molecule has 1 aromatic carbocycles. The van der Waals surface area contributed by atoms with E-state index in [2.05, 4.69) is 25.2 Å². The number of hydrogen-bond donors (Lipinski definition) is 1. The van der Waals surface area contributed by atoms with Gasteiger partial charge in [0.2, 0.25) is 5.91 Å². The summed E-state index contributed by atoms with van der Waals surface area (Å²) >= 11 is 7.72. The van der Waals surface area contributed by atoms with Crippen molar-refractivity contribution in [1.29, 1.82) is 0 Å². The summed E-state index contributed by atoms with van der Waals surface area (Å²) in [7, 11) is 0. The molecule has 1 aliphatic heterocycles. The van der Waals surface area contributed by atoms with E-state index < -0.39 is 0 Å². The first-order valence-electron chi connectivity index (χ1n) is 7.79. The topological polar surface area (TPSA) is 38.3 Å². The van der Waals surface area contributed by atoms with Crippen LogP contribution in [0.1, 0.15) is 30.3 Å². The molecule has 0 saturated carbocycles. The fourth-order valence-electron chi connectivity index (χ4n) is 2.84. The lowest BCUT2D eigenvalue weighted by Gasteiger charge is -2.28. The van der Waals surface area contributed by atoms with Crippen molar-refractivity contribution in [3.05, 3.63) is 51.2 Å². The Morgan fingerprint density at radius 2 is 2.22 bits per heavy atom. The Balaban J connectivity index is 1.71. The normalized spacial score (nSPS) is 18.2. The highest BCUT2D eigenvalue weighted by Gasteiger charge is 2.29. The molecule has 3 rings (SSSR count). The molecule has 0 aliphatic carbocycles. The lowest BCUT2D eigenvalue weighted by Crippen LogP contribution is -2.40. The molecule has 0 fully saturated rings. The van der Waals surface area contributed by atoms with Crippen molar-refractivity contribution in [2.75, 3.05) is 6.61 Å². The maximum atomic E-state index is 12.7. The number of amides is 1. The van der Waals surface area contributed by atoms with E-state index in [9.17, 15) is 4.79 Å². The van der Waals surface area contributed by atoms with E-state index in [1.165, 1.54) is 4.88 Å². The average molecular weight is 350 g/mol. The molecule has 1 aromatic heterocycles. The van der Waals surface area contributed by atoms with E-state index in [-0.39, 0.29) is 17.9 Å². The van der Waals surface area contributed by atoms with Crippen molar-refractivity contribution in [3.8, 4) is 5.75 Å². The molecular formula is C18H20ClNO2S. The smallest absolute Gasteiger partial charge is 0.227 e. The van der Waals surface area contributed by atoms with Crippen molar-refractivity contribution in [2.24, 2.45) is 11.8 Å². The fraction of sp³-hybridized carbons (Fsp3) is 0.389. The van der Waals surface area contributed by atoms with Gasteiger partial charge >= 0.3 is 0 Å². The molecule has 0 unspecified atom stereocenters. The predicted octanol–water partition coefficient (Wildman–Crippen LogP) is 4.47. The zero-order valence-electron chi connectivity index (χ0n) is 13.2. The first-order chi connectivity index (χ1) is 11.0. The summed E-state index contributed by atoms with van der Waals surface area (Å²) in [6.07, 6.45) is 0.664. The number of halogens is 1. The molecule has 0 bridgehead atoms. The highest BCUT2D eigenvalue weighted by Crippen LogP contribution is 2.31. The Labute approximate surface area is 145 Å². The number of nitrogens with one attached hydrogen (secondary N) is 1. The lowest BCUT2D eigenvalue weighted by molar-refractivity contribution is -0.127. The molecule has 0 spiro atoms. The average Bonchev–Trinajstić information content (AvgIpc) is 3.05. The Morgan fingerprint density at radius 1 is 1.39 bits per heavy atom. The second kappa shape index (κ2) is 6.93. The molecule has 1 N–H and O–H groups in total. The molecule has 1 amide bonds. The third kappa shape index (κ3) is 3.70. The summed E-state index contributed by atoms with van der Waals surface area (Å²) in [5, 5.41) is 5.91. The van der Waals surface area contributed by atoms with E-state index >= 15 is 0 Å². The molecule has 122 valence electrons. The van der Waals surface area contributed by atoms with Crippen LogP contribution in [0.15, 0.2) is 35.7 Å². The maximum absolute atomic E-state index is 12.7. The minimum atomic E-state index is -0.179. The first-order valence-corrected chi connectivity index (χ1v) is 9.05. The summed E-state index contributed by atoms with van der Waals surface area (Å²) < 4.78 is 5.73. The minimum absolute atomic E-state index is 0.0442. The van der Waals surface area contributed by atoms with Gasteiger partial charge in [0.15, 0.2) is 0 Å². The van der Waals surface area contributed by atoms with E-state index in [0.29, 0.717) is 24.0 Å². The van der Waals surface area contributed by atoms with Crippen LogP contribution in [0.3, 0.4) is 0 Å². The number of ether oxygens (including phenoxy) is 1. The van der Waals surface area contributed by atoms with Gasteiger partial charge in [0.25, 0.3) is 0 Å². The molecule has 0 saturated heterocycles. The van der Waals surface area contributed by atoms with Crippen molar-refractivity contribution in [1.82, 2.24) is 5.32 Å². The van der Waals surface area contributed by atoms with E-state index in [0.717, 1.165) is 11.3 Å². The van der Waals surface area contributed by atoms with Crippen molar-refractivity contribution >= 4 is 28.8 Å². The van der Waals surface area contributed by atoms with Gasteiger partial charge in [-0.3, -0.25) is 4.79 Å². The number of rotatable bonds is 4. The standard InChI is InChI=1S/C18H20ClNO2S/c1-11(2)17(16-4-3-7-23-16)20-18(21)13-8-12-9-14(19)5-6-15(12)22-10-13/h3-7,9,11,13,17H,8,10H2,1-2H3,(H,20,21)/t13-,17-/m0/s1. The second-order valence-electron chi connectivity index (χ2n) is 6.21. The molecule has 3 nitrogen and oxygen atoms in total. The number of hydrogen-bond acceptors (Lipinski definition) is 3. The van der Waals surface area contributed by atoms with Crippen LogP contribution in [-0.4, -0.2) is 12.5 Å². The third-order valence-corrected chi connectivity index (χ3v) is 5.30. The highest BCUT2D eigenvalue weighted by molar-refractivity contribution is 7.10. The van der Waals surface area contributed by atoms with Crippen LogP contribution in [0.2, 0.25) is 5.02 Å². The SMILES string of the molecule is CC(C)[C@H](NC(=O)[C@@H]1COc2ccc(Cl)cc2C1)c1cccs1. The van der Waals surface area contributed by atoms with Crippen molar-refractivity contribution in [2.45, 2.75) is 26.3 Å². The minimum Gasteiger partial charge on any atom is -0.492 e. The molecule has 2 aromatic rings. The Bertz CT molecular complexity index is 684. The number of carbonyl (C=O) groups is 1. The molecule has 2 atom stereocenters. The van der Waals surface area contributed by atoms with Gasteiger partial charge in [-0.25, -0.2) is 0 Å². The molecular weight excluding hydrogens is 330 g/mol. The Kier molecular flexibility index (Phi) is 4.93. The molecule has 5 heteroatoms. The van der Waals surface area contributed by atoms with Gasteiger partial charge in [-0.2, -0.15) is 0 Å². The number of benzene rings is 1. The number of carbonyl (C=O) groups excluding carboxylic acids is 1. The van der Waals surface area contributed by atoms with Crippen LogP contribution in [0.4, 0.5) is 0 Å². The quantitative estimate of drug-likeness (QED) is 0.884. The van der Waals surface area contributed by atoms with Gasteiger partial charge in [-0.05, 0) is 47.5 Å². The van der Waals surface area contributed by atoms with Crippen LogP contribution in [0.5, 0.6) is 5.75 Å². The number of fused-ring (bicyclic) bond motifs is 1. The summed E-state index contributed by atoms with van der Waals surface area (Å²) in [5.74, 6) is 1.03. The van der Waals surface area contributed by atoms with Crippen molar-refractivity contribution < 1.29 is 9.53 Å². The summed E-state index contributed by atoms with van der Waals surface area (Å²) in [6.45, 7) is 4.66. The Morgan fingerprint density at radius 3 is 2.91 bits per heavy atom. The van der Waals surface area contributed by atoms with Gasteiger partial charge in [-0.15, -0.1) is 11.3 Å². The number of thiophene rings is 1. The lowest BCUT2D eigenvalue weighted by atomic mass is 9.94. The third-order valence-electron chi connectivity index (χ3n) is 4.11. The van der Waals surface area contributed by atoms with E-state index in [1.54, 1.807) is 11.3 Å². The van der Waals surface area contributed by atoms with E-state index in [1.807, 2.05) is 29.6 Å². The van der Waals surface area contributed by atoms with Gasteiger partial charge in [0.1, 0.15) is 12.4 Å². The fourth-order valence-corrected chi connectivity index (χ4v) is 3.98. The summed E-state index contributed by atoms with van der Waals surface area (Å²) in [4.78, 5) is 13.9. The Hall–Kier alpha value is -1.52. The second-order valence-corrected chi connectivity index (χ2v) is 7.63. The van der Waals surface area contributed by atoms with Crippen molar-refractivity contribution in [3.63, 3.8) is 0 Å². The van der Waals surface area contributed by atoms with Crippen LogP contribution in [0.25, 0.3) is 0 Å². The predicted molar refractivity (Wildman–Crippen MR) is 94.2 cm³/mol. The van der Waals surface area contributed by atoms with Crippen LogP contribution < -0.4 is 10.1 Å². The van der Waals surface area contributed by atoms with Gasteiger partial charge in [0.05, 0.1) is 12.0 Å². The monoisotopic (exact) mass is 349 g/mol. The van der Waals surface area contributed by atoms with Gasteiger partial charge in [0, 0.05) is 9.90 Å². The van der Waals surface area contributed by atoms with Crippen LogP contribution >= 0.6 is 22.9 Å². The summed E-state index contributed by atoms with van der Waals surface area (Å²) in [5.41, 5.74) is 1.00. The first kappa shape index (κ1) is 16.3. The maximum Gasteiger partial charge on any atom is 0.227 e. The van der Waals surface area contributed by atoms with Crippen LogP contribution in [0, 0.1) is 11.8 Å². The summed E-state index contributed by atoms with van der Waals surface area (Å²) in [6, 6.07) is 9.70. The zero-order chi connectivity index (χ0) is 16.4. The van der Waals surface area contributed by atoms with Gasteiger partial charge in [-0.1, -0.05) is 31.5 Å². The molecule has 2 heterocycles. The molecule has 1 aliphatic rings. The van der Waals surface area contributed by atoms with E-state index in [4.69, 9.17) is 16.3 Å². The zero-order valence-corrected chi connectivity index (χ0v) is 14.8. The largest absolute Gasteiger partial charge is 0.492 e.